The summed E-state index contributed by atoms with van der Waals surface area (Å²) in [4.78, 5) is 14.5. The average Bonchev–Trinajstić information content (AvgIpc) is 2.96. The number of carbonyl (C=O) groups excluding carboxylic acids is 1. The van der Waals surface area contributed by atoms with E-state index in [4.69, 9.17) is 4.74 Å². The number of piperidine rings is 1. The zero-order chi connectivity index (χ0) is 20.3. The molecule has 1 heterocycles. The molecule has 4 aliphatic rings. The van der Waals surface area contributed by atoms with Gasteiger partial charge < -0.3 is 9.64 Å². The largest absolute Gasteiger partial charge is 0.378 e. The van der Waals surface area contributed by atoms with E-state index in [1.165, 1.54) is 38.5 Å². The van der Waals surface area contributed by atoms with Crippen molar-refractivity contribution in [3.8, 4) is 0 Å². The van der Waals surface area contributed by atoms with Crippen LogP contribution in [0.4, 0.5) is 0 Å². The lowest BCUT2D eigenvalue weighted by Crippen LogP contribution is -2.62. The highest BCUT2D eigenvalue weighted by molar-refractivity contribution is 5.77. The molecule has 28 heavy (non-hydrogen) atoms. The van der Waals surface area contributed by atoms with Gasteiger partial charge in [-0.05, 0) is 85.4 Å². The molecule has 8 atom stereocenters. The van der Waals surface area contributed by atoms with Crippen LogP contribution < -0.4 is 0 Å². The highest BCUT2D eigenvalue weighted by Crippen LogP contribution is 2.66. The molecule has 0 aromatic heterocycles. The van der Waals surface area contributed by atoms with E-state index >= 15 is 0 Å². The van der Waals surface area contributed by atoms with Gasteiger partial charge in [0, 0.05) is 26.1 Å². The Labute approximate surface area is 173 Å². The van der Waals surface area contributed by atoms with Crippen molar-refractivity contribution in [1.29, 1.82) is 0 Å². The second-order valence-corrected chi connectivity index (χ2v) is 11.8. The molecule has 0 aromatic carbocycles. The molecule has 1 amide bonds. The fourth-order valence-electron chi connectivity index (χ4n) is 8.05. The predicted octanol–water partition coefficient (Wildman–Crippen LogP) is 5.53. The lowest BCUT2D eigenvalue weighted by Gasteiger charge is -2.63. The molecule has 0 spiro atoms. The standard InChI is InChI=1S/C25H43NO2/c1-16(2)9-12-28-18-14-20-23-17(3)13-21-25(5,11-8-22(27)26(21)6)19(23)7-10-24(20,4)15-18/h16-21,23H,7-15H2,1-6H3/t17-,18-,19-,20-,21+,23+,24+,25+/m0/s1. The Morgan fingerprint density at radius 1 is 1.18 bits per heavy atom. The van der Waals surface area contributed by atoms with Gasteiger partial charge in [0.05, 0.1) is 6.10 Å². The van der Waals surface area contributed by atoms with Crippen LogP contribution in [0.1, 0.15) is 86.0 Å². The molecule has 160 valence electrons. The molecule has 1 saturated heterocycles. The van der Waals surface area contributed by atoms with Crippen molar-refractivity contribution < 1.29 is 9.53 Å². The summed E-state index contributed by atoms with van der Waals surface area (Å²) in [7, 11) is 2.07. The quantitative estimate of drug-likeness (QED) is 0.633. The van der Waals surface area contributed by atoms with Crippen molar-refractivity contribution in [3.63, 3.8) is 0 Å². The van der Waals surface area contributed by atoms with E-state index in [-0.39, 0.29) is 0 Å². The zero-order valence-corrected chi connectivity index (χ0v) is 19.2. The Bertz CT molecular complexity index is 603. The maximum atomic E-state index is 12.4. The van der Waals surface area contributed by atoms with Crippen LogP contribution in [0.5, 0.6) is 0 Å². The second kappa shape index (κ2) is 7.29. The minimum atomic E-state index is 0.317. The van der Waals surface area contributed by atoms with Gasteiger partial charge in [0.1, 0.15) is 0 Å². The first-order valence-electron chi connectivity index (χ1n) is 12.0. The van der Waals surface area contributed by atoms with E-state index in [9.17, 15) is 4.79 Å². The van der Waals surface area contributed by atoms with Gasteiger partial charge in [0.15, 0.2) is 0 Å². The monoisotopic (exact) mass is 389 g/mol. The minimum Gasteiger partial charge on any atom is -0.378 e. The molecular formula is C25H43NO2. The van der Waals surface area contributed by atoms with Gasteiger partial charge >= 0.3 is 0 Å². The molecule has 0 bridgehead atoms. The summed E-state index contributed by atoms with van der Waals surface area (Å²) in [6.07, 6.45) is 9.97. The van der Waals surface area contributed by atoms with Crippen LogP contribution in [0, 0.1) is 40.4 Å². The Morgan fingerprint density at radius 3 is 2.64 bits per heavy atom. The maximum Gasteiger partial charge on any atom is 0.222 e. The molecule has 3 saturated carbocycles. The Kier molecular flexibility index (Phi) is 5.39. The van der Waals surface area contributed by atoms with Gasteiger partial charge in [-0.3, -0.25) is 4.79 Å². The predicted molar refractivity (Wildman–Crippen MR) is 114 cm³/mol. The molecule has 3 aliphatic carbocycles. The summed E-state index contributed by atoms with van der Waals surface area (Å²) in [5.74, 6) is 4.23. The summed E-state index contributed by atoms with van der Waals surface area (Å²) < 4.78 is 6.40. The van der Waals surface area contributed by atoms with Crippen LogP contribution >= 0.6 is 0 Å². The van der Waals surface area contributed by atoms with Crippen LogP contribution in [0.2, 0.25) is 0 Å². The van der Waals surface area contributed by atoms with Gasteiger partial charge in [-0.15, -0.1) is 0 Å². The van der Waals surface area contributed by atoms with Crippen LogP contribution in [-0.4, -0.2) is 36.6 Å². The second-order valence-electron chi connectivity index (χ2n) is 11.8. The number of nitrogens with zero attached hydrogens (tertiary/aromatic N) is 1. The highest BCUT2D eigenvalue weighted by Gasteiger charge is 2.62. The van der Waals surface area contributed by atoms with Gasteiger partial charge in [0.2, 0.25) is 5.91 Å². The summed E-state index contributed by atoms with van der Waals surface area (Å²) in [5.41, 5.74) is 0.787. The van der Waals surface area contributed by atoms with Crippen LogP contribution in [-0.2, 0) is 9.53 Å². The number of rotatable bonds is 4. The van der Waals surface area contributed by atoms with Crippen LogP contribution in [0.15, 0.2) is 0 Å². The smallest absolute Gasteiger partial charge is 0.222 e. The van der Waals surface area contributed by atoms with E-state index < -0.39 is 0 Å². The number of carbonyl (C=O) groups is 1. The lowest BCUT2D eigenvalue weighted by atomic mass is 9.45. The number of fused-ring (bicyclic) bond motifs is 5. The molecule has 0 aromatic rings. The first kappa shape index (κ1) is 20.7. The number of hydrogen-bond acceptors (Lipinski definition) is 2. The molecular weight excluding hydrogens is 346 g/mol. The van der Waals surface area contributed by atoms with E-state index in [1.54, 1.807) is 0 Å². The van der Waals surface area contributed by atoms with Gasteiger partial charge in [-0.2, -0.15) is 0 Å². The third-order valence-corrected chi connectivity index (χ3v) is 9.71. The Hall–Kier alpha value is -0.570. The summed E-state index contributed by atoms with van der Waals surface area (Å²) in [5, 5.41) is 0. The first-order chi connectivity index (χ1) is 13.2. The number of ether oxygens (including phenoxy) is 1. The van der Waals surface area contributed by atoms with Crippen molar-refractivity contribution >= 4 is 5.91 Å². The molecule has 3 heteroatoms. The molecule has 4 rings (SSSR count). The van der Waals surface area contributed by atoms with E-state index in [0.29, 0.717) is 28.9 Å². The number of likely N-dealkylation sites (tertiary alicyclic amines) is 1. The summed E-state index contributed by atoms with van der Waals surface area (Å²) in [6.45, 7) is 13.1. The van der Waals surface area contributed by atoms with Gasteiger partial charge in [-0.25, -0.2) is 0 Å². The van der Waals surface area contributed by atoms with Crippen molar-refractivity contribution in [2.24, 2.45) is 40.4 Å². The van der Waals surface area contributed by atoms with Gasteiger partial charge in [0.25, 0.3) is 0 Å². The molecule has 4 fully saturated rings. The van der Waals surface area contributed by atoms with E-state index in [2.05, 4.69) is 46.6 Å². The maximum absolute atomic E-state index is 12.4. The Balaban J connectivity index is 1.53. The topological polar surface area (TPSA) is 29.5 Å². The van der Waals surface area contributed by atoms with Crippen LogP contribution in [0.25, 0.3) is 0 Å². The summed E-state index contributed by atoms with van der Waals surface area (Å²) in [6, 6.07) is 0.453. The number of amides is 1. The average molecular weight is 390 g/mol. The minimum absolute atomic E-state index is 0.317. The van der Waals surface area contributed by atoms with Crippen molar-refractivity contribution in [2.75, 3.05) is 13.7 Å². The van der Waals surface area contributed by atoms with Gasteiger partial charge in [-0.1, -0.05) is 34.6 Å². The fraction of sp³-hybridized carbons (Fsp3) is 0.960. The molecule has 3 nitrogen and oxygen atoms in total. The van der Waals surface area contributed by atoms with Crippen molar-refractivity contribution in [2.45, 2.75) is 98.1 Å². The zero-order valence-electron chi connectivity index (χ0n) is 19.2. The lowest BCUT2D eigenvalue weighted by molar-refractivity contribution is -0.164. The normalized spacial score (nSPS) is 48.4. The number of hydrogen-bond donors (Lipinski definition) is 0. The highest BCUT2D eigenvalue weighted by atomic mass is 16.5. The summed E-state index contributed by atoms with van der Waals surface area (Å²) >= 11 is 0. The SMILES string of the molecule is CC(C)CCO[C@H]1C[C@H]2[C@@H]3[C@@H](C)C[C@H]4N(C)C(=O)CC[C@]4(C)[C@H]3CC[C@]2(C)C1. The molecule has 1 aliphatic heterocycles. The molecule has 0 radical (unpaired) electrons. The third-order valence-electron chi connectivity index (χ3n) is 9.71. The Morgan fingerprint density at radius 2 is 1.93 bits per heavy atom. The van der Waals surface area contributed by atoms with E-state index in [1.807, 2.05) is 0 Å². The third kappa shape index (κ3) is 3.24. The van der Waals surface area contributed by atoms with Crippen molar-refractivity contribution in [3.05, 3.63) is 0 Å². The van der Waals surface area contributed by atoms with Crippen molar-refractivity contribution in [1.82, 2.24) is 4.90 Å². The van der Waals surface area contributed by atoms with E-state index in [0.717, 1.165) is 49.0 Å². The van der Waals surface area contributed by atoms with Crippen LogP contribution in [0.3, 0.4) is 0 Å². The first-order valence-corrected chi connectivity index (χ1v) is 12.0. The molecule has 0 N–H and O–H groups in total. The fourth-order valence-corrected chi connectivity index (χ4v) is 8.05. The molecule has 0 unspecified atom stereocenters.